The van der Waals surface area contributed by atoms with Crippen molar-refractivity contribution in [1.82, 2.24) is 15.4 Å². The van der Waals surface area contributed by atoms with Crippen LogP contribution in [0.5, 0.6) is 5.88 Å². The van der Waals surface area contributed by atoms with Crippen LogP contribution >= 0.6 is 0 Å². The monoisotopic (exact) mass is 220 g/mol. The lowest BCUT2D eigenvalue weighted by Gasteiger charge is -2.13. The summed E-state index contributed by atoms with van der Waals surface area (Å²) in [7, 11) is 1.57. The minimum atomic E-state index is -0.0299. The first-order valence-electron chi connectivity index (χ1n) is 5.03. The molecule has 0 aliphatic heterocycles. The van der Waals surface area contributed by atoms with Crippen LogP contribution in [-0.2, 0) is 0 Å². The maximum Gasteiger partial charge on any atom is 0.216 e. The number of methoxy groups -OCH3 is 1. The first kappa shape index (κ1) is 12.4. The highest BCUT2D eigenvalue weighted by molar-refractivity contribution is 5.16. The molecular weight excluding hydrogens is 204 g/mol. The summed E-state index contributed by atoms with van der Waals surface area (Å²) < 4.78 is 5.03. The Labute approximate surface area is 95.4 Å². The van der Waals surface area contributed by atoms with Gasteiger partial charge in [-0.05, 0) is 13.3 Å². The van der Waals surface area contributed by atoms with Gasteiger partial charge in [0.05, 0.1) is 18.8 Å². The number of rotatable bonds is 5. The molecule has 0 spiro atoms. The van der Waals surface area contributed by atoms with E-state index in [2.05, 4.69) is 27.2 Å². The summed E-state index contributed by atoms with van der Waals surface area (Å²) >= 11 is 0. The summed E-state index contributed by atoms with van der Waals surface area (Å²) in [5.41, 5.74) is 3.53. The molecule has 1 aromatic rings. The minimum Gasteiger partial charge on any atom is -0.481 e. The maximum absolute atomic E-state index is 5.48. The van der Waals surface area contributed by atoms with Crippen molar-refractivity contribution in [2.45, 2.75) is 25.8 Å². The van der Waals surface area contributed by atoms with Crippen molar-refractivity contribution in [3.05, 3.63) is 18.1 Å². The lowest BCUT2D eigenvalue weighted by Crippen LogP contribution is -2.28. The van der Waals surface area contributed by atoms with E-state index in [1.165, 1.54) is 6.33 Å². The Morgan fingerprint density at radius 1 is 1.56 bits per heavy atom. The van der Waals surface area contributed by atoms with Crippen LogP contribution in [0.15, 0.2) is 12.4 Å². The van der Waals surface area contributed by atoms with Crippen molar-refractivity contribution in [2.75, 3.05) is 7.11 Å². The fraction of sp³-hybridized carbons (Fsp3) is 0.455. The van der Waals surface area contributed by atoms with Gasteiger partial charge in [-0.15, -0.1) is 11.8 Å². The smallest absolute Gasteiger partial charge is 0.216 e. The number of nitrogens with one attached hydrogen (secondary N) is 1. The van der Waals surface area contributed by atoms with Gasteiger partial charge >= 0.3 is 0 Å². The van der Waals surface area contributed by atoms with Crippen LogP contribution in [0.25, 0.3) is 0 Å². The van der Waals surface area contributed by atoms with E-state index in [1.807, 2.05) is 6.92 Å². The fourth-order valence-electron chi connectivity index (χ4n) is 1.31. The Bertz CT molecular complexity index is 383. The standard InChI is InChI=1S/C11H16N4O/c1-3-4-5-6-9(15-12)10-7-11(16-2)14-8-13-10/h7-9,15H,5-6,12H2,1-2H3. The molecule has 0 fully saturated rings. The molecule has 1 atom stereocenters. The summed E-state index contributed by atoms with van der Waals surface area (Å²) in [6, 6.07) is 1.74. The summed E-state index contributed by atoms with van der Waals surface area (Å²) in [5.74, 6) is 11.8. The maximum atomic E-state index is 5.48. The molecule has 0 bridgehead atoms. The van der Waals surface area contributed by atoms with Gasteiger partial charge in [-0.25, -0.2) is 9.97 Å². The SMILES string of the molecule is CC#CCCC(NN)c1cc(OC)ncn1. The van der Waals surface area contributed by atoms with Crippen molar-refractivity contribution in [3.8, 4) is 17.7 Å². The van der Waals surface area contributed by atoms with Gasteiger partial charge in [0.1, 0.15) is 6.33 Å². The lowest BCUT2D eigenvalue weighted by atomic mass is 10.1. The van der Waals surface area contributed by atoms with E-state index in [0.717, 1.165) is 18.5 Å². The van der Waals surface area contributed by atoms with Gasteiger partial charge in [-0.3, -0.25) is 11.3 Å². The average Bonchev–Trinajstić information content (AvgIpc) is 2.35. The lowest BCUT2D eigenvalue weighted by molar-refractivity contribution is 0.393. The van der Waals surface area contributed by atoms with Crippen LogP contribution in [0, 0.1) is 11.8 Å². The van der Waals surface area contributed by atoms with Gasteiger partial charge < -0.3 is 4.74 Å². The molecule has 3 N–H and O–H groups in total. The number of nitrogens with zero attached hydrogens (tertiary/aromatic N) is 2. The van der Waals surface area contributed by atoms with Crippen molar-refractivity contribution in [2.24, 2.45) is 5.84 Å². The van der Waals surface area contributed by atoms with Crippen LogP contribution in [0.1, 0.15) is 31.5 Å². The van der Waals surface area contributed by atoms with E-state index in [0.29, 0.717) is 5.88 Å². The van der Waals surface area contributed by atoms with Crippen molar-refractivity contribution < 1.29 is 4.74 Å². The molecule has 5 nitrogen and oxygen atoms in total. The molecular formula is C11H16N4O. The van der Waals surface area contributed by atoms with Gasteiger partial charge in [0.2, 0.25) is 5.88 Å². The Hall–Kier alpha value is -1.64. The second-order valence-corrected chi connectivity index (χ2v) is 3.17. The predicted octanol–water partition coefficient (Wildman–Crippen LogP) is 0.793. The number of aromatic nitrogens is 2. The van der Waals surface area contributed by atoms with Crippen molar-refractivity contribution >= 4 is 0 Å². The van der Waals surface area contributed by atoms with E-state index in [1.54, 1.807) is 13.2 Å². The first-order chi connectivity index (χ1) is 7.81. The van der Waals surface area contributed by atoms with Crippen LogP contribution in [-0.4, -0.2) is 17.1 Å². The summed E-state index contributed by atoms with van der Waals surface area (Å²) in [6.07, 6.45) is 3.04. The number of hydrogen-bond donors (Lipinski definition) is 2. The molecule has 0 aromatic carbocycles. The molecule has 16 heavy (non-hydrogen) atoms. The van der Waals surface area contributed by atoms with Crippen LogP contribution in [0.2, 0.25) is 0 Å². The number of ether oxygens (including phenoxy) is 1. The molecule has 1 aromatic heterocycles. The second kappa shape index (κ2) is 6.77. The molecule has 5 heteroatoms. The summed E-state index contributed by atoms with van der Waals surface area (Å²) in [6.45, 7) is 1.82. The third-order valence-electron chi connectivity index (χ3n) is 2.17. The predicted molar refractivity (Wildman–Crippen MR) is 61.3 cm³/mol. The normalized spacial score (nSPS) is 11.4. The van der Waals surface area contributed by atoms with Crippen LogP contribution in [0.3, 0.4) is 0 Å². The van der Waals surface area contributed by atoms with Gasteiger partial charge in [0.15, 0.2) is 0 Å². The Morgan fingerprint density at radius 3 is 3.00 bits per heavy atom. The summed E-state index contributed by atoms with van der Waals surface area (Å²) in [5, 5.41) is 0. The molecule has 0 radical (unpaired) electrons. The van der Waals surface area contributed by atoms with E-state index >= 15 is 0 Å². The fourth-order valence-corrected chi connectivity index (χ4v) is 1.31. The Morgan fingerprint density at radius 2 is 2.38 bits per heavy atom. The highest BCUT2D eigenvalue weighted by Gasteiger charge is 2.11. The topological polar surface area (TPSA) is 73.1 Å². The summed E-state index contributed by atoms with van der Waals surface area (Å²) in [4.78, 5) is 8.10. The van der Waals surface area contributed by atoms with Gasteiger partial charge in [0.25, 0.3) is 0 Å². The van der Waals surface area contributed by atoms with E-state index in [-0.39, 0.29) is 6.04 Å². The van der Waals surface area contributed by atoms with Crippen molar-refractivity contribution in [1.29, 1.82) is 0 Å². The van der Waals surface area contributed by atoms with E-state index in [4.69, 9.17) is 10.6 Å². The average molecular weight is 220 g/mol. The third-order valence-corrected chi connectivity index (χ3v) is 2.17. The zero-order valence-corrected chi connectivity index (χ0v) is 9.53. The molecule has 1 rings (SSSR count). The van der Waals surface area contributed by atoms with Gasteiger partial charge in [0, 0.05) is 12.5 Å². The van der Waals surface area contributed by atoms with Gasteiger partial charge in [-0.1, -0.05) is 0 Å². The van der Waals surface area contributed by atoms with E-state index < -0.39 is 0 Å². The molecule has 1 heterocycles. The molecule has 0 saturated carbocycles. The molecule has 0 aliphatic rings. The zero-order valence-electron chi connectivity index (χ0n) is 9.53. The number of nitrogens with two attached hydrogens (primary N) is 1. The van der Waals surface area contributed by atoms with Gasteiger partial charge in [-0.2, -0.15) is 0 Å². The number of hydrazine groups is 1. The minimum absolute atomic E-state index is 0.0299. The first-order valence-corrected chi connectivity index (χ1v) is 5.03. The molecule has 86 valence electrons. The largest absolute Gasteiger partial charge is 0.481 e. The van der Waals surface area contributed by atoms with Crippen LogP contribution < -0.4 is 16.0 Å². The number of hydrogen-bond acceptors (Lipinski definition) is 5. The molecule has 0 aliphatic carbocycles. The molecule has 0 saturated heterocycles. The highest BCUT2D eigenvalue weighted by Crippen LogP contribution is 2.17. The Kier molecular flexibility index (Phi) is 5.26. The Balaban J connectivity index is 2.72. The third kappa shape index (κ3) is 3.50. The second-order valence-electron chi connectivity index (χ2n) is 3.17. The molecule has 1 unspecified atom stereocenters. The molecule has 0 amide bonds. The van der Waals surface area contributed by atoms with Crippen LogP contribution in [0.4, 0.5) is 0 Å². The van der Waals surface area contributed by atoms with E-state index in [9.17, 15) is 0 Å². The highest BCUT2D eigenvalue weighted by atomic mass is 16.5. The quantitative estimate of drug-likeness (QED) is 0.436. The van der Waals surface area contributed by atoms with Crippen molar-refractivity contribution in [3.63, 3.8) is 0 Å². The zero-order chi connectivity index (χ0) is 11.8.